The second-order valence-corrected chi connectivity index (χ2v) is 7.52. The Morgan fingerprint density at radius 2 is 2.29 bits per heavy atom. The molecule has 4 heteroatoms. The third kappa shape index (κ3) is 4.30. The molecular weight excluding hydrogens is 280 g/mol. The van der Waals surface area contributed by atoms with Crippen molar-refractivity contribution < 1.29 is 4.79 Å². The van der Waals surface area contributed by atoms with Crippen molar-refractivity contribution in [1.29, 1.82) is 0 Å². The molecule has 0 aliphatic heterocycles. The second-order valence-electron chi connectivity index (χ2n) is 6.39. The molecule has 1 N–H and O–H groups in total. The van der Waals surface area contributed by atoms with E-state index in [2.05, 4.69) is 44.0 Å². The Morgan fingerprint density at radius 1 is 1.52 bits per heavy atom. The Kier molecular flexibility index (Phi) is 5.82. The van der Waals surface area contributed by atoms with E-state index in [-0.39, 0.29) is 5.91 Å². The van der Waals surface area contributed by atoms with Crippen LogP contribution in [-0.4, -0.2) is 36.5 Å². The largest absolute Gasteiger partial charge is 0.350 e. The third-order valence-electron chi connectivity index (χ3n) is 4.37. The molecule has 21 heavy (non-hydrogen) atoms. The number of rotatable bonds is 6. The number of fused-ring (bicyclic) bond motifs is 1. The van der Waals surface area contributed by atoms with E-state index in [0.29, 0.717) is 6.04 Å². The van der Waals surface area contributed by atoms with Gasteiger partial charge >= 0.3 is 0 Å². The fraction of sp³-hybridized carbons (Fsp3) is 0.706. The van der Waals surface area contributed by atoms with Crippen LogP contribution in [0.1, 0.15) is 54.2 Å². The smallest absolute Gasteiger partial charge is 0.261 e. The standard InChI is InChI=1S/C17H28N2OS/c1-5-19(12(2)3)9-8-18-17(20)16-11-14-10-13(4)6-7-15(14)21-16/h11-13H,5-10H2,1-4H3,(H,18,20). The number of hydrogen-bond acceptors (Lipinski definition) is 3. The zero-order valence-electron chi connectivity index (χ0n) is 13.7. The first-order valence-electron chi connectivity index (χ1n) is 8.15. The fourth-order valence-electron chi connectivity index (χ4n) is 3.00. The first-order chi connectivity index (χ1) is 10.0. The van der Waals surface area contributed by atoms with Gasteiger partial charge in [-0.3, -0.25) is 9.69 Å². The monoisotopic (exact) mass is 308 g/mol. The van der Waals surface area contributed by atoms with E-state index in [1.165, 1.54) is 16.9 Å². The first-order valence-corrected chi connectivity index (χ1v) is 8.96. The summed E-state index contributed by atoms with van der Waals surface area (Å²) in [5.41, 5.74) is 1.40. The highest BCUT2D eigenvalue weighted by Gasteiger charge is 2.20. The molecule has 0 spiro atoms. The Hall–Kier alpha value is -0.870. The van der Waals surface area contributed by atoms with E-state index in [4.69, 9.17) is 0 Å². The maximum Gasteiger partial charge on any atom is 0.261 e. The van der Waals surface area contributed by atoms with Crippen molar-refractivity contribution in [3.05, 3.63) is 21.4 Å². The quantitative estimate of drug-likeness (QED) is 0.874. The summed E-state index contributed by atoms with van der Waals surface area (Å²) in [5, 5.41) is 3.07. The molecule has 0 fully saturated rings. The number of likely N-dealkylation sites (N-methyl/N-ethyl adjacent to an activating group) is 1. The Morgan fingerprint density at radius 3 is 2.95 bits per heavy atom. The molecule has 0 saturated carbocycles. The first kappa shape index (κ1) is 16.5. The normalized spacial score (nSPS) is 18.1. The predicted molar refractivity (Wildman–Crippen MR) is 90.2 cm³/mol. The molecule has 118 valence electrons. The molecule has 0 saturated heterocycles. The summed E-state index contributed by atoms with van der Waals surface area (Å²) in [6.07, 6.45) is 3.54. The van der Waals surface area contributed by atoms with E-state index in [0.717, 1.165) is 43.3 Å². The molecule has 0 radical (unpaired) electrons. The van der Waals surface area contributed by atoms with Gasteiger partial charge in [-0.05, 0) is 57.2 Å². The van der Waals surface area contributed by atoms with E-state index in [1.54, 1.807) is 11.3 Å². The molecule has 0 aromatic carbocycles. The van der Waals surface area contributed by atoms with Crippen LogP contribution < -0.4 is 5.32 Å². The minimum absolute atomic E-state index is 0.0989. The Labute approximate surface area is 132 Å². The van der Waals surface area contributed by atoms with Crippen LogP contribution in [-0.2, 0) is 12.8 Å². The van der Waals surface area contributed by atoms with Crippen LogP contribution >= 0.6 is 11.3 Å². The SMILES string of the molecule is CCN(CCNC(=O)c1cc2c(s1)CCC(C)C2)C(C)C. The van der Waals surface area contributed by atoms with Crippen LogP contribution in [0.3, 0.4) is 0 Å². The van der Waals surface area contributed by atoms with Crippen LogP contribution in [0.4, 0.5) is 0 Å². The van der Waals surface area contributed by atoms with Crippen molar-refractivity contribution in [3.63, 3.8) is 0 Å². The average molecular weight is 308 g/mol. The number of carbonyl (C=O) groups excluding carboxylic acids is 1. The van der Waals surface area contributed by atoms with Gasteiger partial charge in [0.05, 0.1) is 4.88 Å². The van der Waals surface area contributed by atoms with E-state index < -0.39 is 0 Å². The van der Waals surface area contributed by atoms with Crippen molar-refractivity contribution in [3.8, 4) is 0 Å². The molecule has 3 nitrogen and oxygen atoms in total. The van der Waals surface area contributed by atoms with Gasteiger partial charge in [0.1, 0.15) is 0 Å². The minimum atomic E-state index is 0.0989. The maximum atomic E-state index is 12.3. The molecule has 1 aromatic heterocycles. The topological polar surface area (TPSA) is 32.3 Å². The zero-order valence-corrected chi connectivity index (χ0v) is 14.6. The number of hydrogen-bond donors (Lipinski definition) is 1. The molecular formula is C17H28N2OS. The summed E-state index contributed by atoms with van der Waals surface area (Å²) in [6.45, 7) is 11.5. The summed E-state index contributed by atoms with van der Waals surface area (Å²) in [5.74, 6) is 0.856. The number of amides is 1. The lowest BCUT2D eigenvalue weighted by Crippen LogP contribution is -2.38. The molecule has 1 aliphatic carbocycles. The van der Waals surface area contributed by atoms with Gasteiger partial charge in [0.2, 0.25) is 0 Å². The van der Waals surface area contributed by atoms with Crippen molar-refractivity contribution in [2.75, 3.05) is 19.6 Å². The fourth-order valence-corrected chi connectivity index (χ4v) is 4.12. The zero-order chi connectivity index (χ0) is 15.4. The summed E-state index contributed by atoms with van der Waals surface area (Å²) >= 11 is 1.69. The summed E-state index contributed by atoms with van der Waals surface area (Å²) in [4.78, 5) is 16.9. The molecule has 1 amide bonds. The highest BCUT2D eigenvalue weighted by molar-refractivity contribution is 7.14. The van der Waals surface area contributed by atoms with Gasteiger partial charge in [-0.25, -0.2) is 0 Å². The lowest BCUT2D eigenvalue weighted by Gasteiger charge is -2.24. The van der Waals surface area contributed by atoms with Crippen molar-refractivity contribution in [2.24, 2.45) is 5.92 Å². The van der Waals surface area contributed by atoms with Gasteiger partial charge in [-0.15, -0.1) is 11.3 Å². The summed E-state index contributed by atoms with van der Waals surface area (Å²) in [6, 6.07) is 2.65. The number of nitrogens with one attached hydrogen (secondary N) is 1. The summed E-state index contributed by atoms with van der Waals surface area (Å²) < 4.78 is 0. The van der Waals surface area contributed by atoms with Gasteiger partial charge < -0.3 is 5.32 Å². The average Bonchev–Trinajstić information content (AvgIpc) is 2.86. The molecule has 2 rings (SSSR count). The lowest BCUT2D eigenvalue weighted by molar-refractivity contribution is 0.0950. The third-order valence-corrected chi connectivity index (χ3v) is 5.61. The van der Waals surface area contributed by atoms with Crippen LogP contribution in [0, 0.1) is 5.92 Å². The van der Waals surface area contributed by atoms with Crippen LogP contribution in [0.25, 0.3) is 0 Å². The molecule has 1 aromatic rings. The predicted octanol–water partition coefficient (Wildman–Crippen LogP) is 3.33. The number of thiophene rings is 1. The molecule has 1 unspecified atom stereocenters. The summed E-state index contributed by atoms with van der Waals surface area (Å²) in [7, 11) is 0. The molecule has 1 heterocycles. The van der Waals surface area contributed by atoms with Crippen LogP contribution in [0.5, 0.6) is 0 Å². The maximum absolute atomic E-state index is 12.3. The van der Waals surface area contributed by atoms with Crippen molar-refractivity contribution in [1.82, 2.24) is 10.2 Å². The van der Waals surface area contributed by atoms with Crippen LogP contribution in [0.15, 0.2) is 6.07 Å². The Balaban J connectivity index is 1.87. The second kappa shape index (κ2) is 7.41. The number of aryl methyl sites for hydroxylation is 1. The van der Waals surface area contributed by atoms with Crippen LogP contribution in [0.2, 0.25) is 0 Å². The molecule has 0 bridgehead atoms. The van der Waals surface area contributed by atoms with Crippen molar-refractivity contribution >= 4 is 17.2 Å². The highest BCUT2D eigenvalue weighted by Crippen LogP contribution is 2.32. The number of carbonyl (C=O) groups is 1. The molecule has 1 atom stereocenters. The van der Waals surface area contributed by atoms with Gasteiger partial charge in [0.25, 0.3) is 5.91 Å². The van der Waals surface area contributed by atoms with Gasteiger partial charge in [-0.2, -0.15) is 0 Å². The lowest BCUT2D eigenvalue weighted by atomic mass is 9.90. The van der Waals surface area contributed by atoms with E-state index in [9.17, 15) is 4.79 Å². The van der Waals surface area contributed by atoms with E-state index in [1.807, 2.05) is 0 Å². The van der Waals surface area contributed by atoms with Gasteiger partial charge in [-0.1, -0.05) is 13.8 Å². The minimum Gasteiger partial charge on any atom is -0.350 e. The number of nitrogens with zero attached hydrogens (tertiary/aromatic N) is 1. The van der Waals surface area contributed by atoms with E-state index >= 15 is 0 Å². The van der Waals surface area contributed by atoms with Gasteiger partial charge in [0, 0.05) is 24.0 Å². The Bertz CT molecular complexity index is 481. The van der Waals surface area contributed by atoms with Gasteiger partial charge in [0.15, 0.2) is 0 Å². The highest BCUT2D eigenvalue weighted by atomic mass is 32.1. The van der Waals surface area contributed by atoms with Crippen molar-refractivity contribution in [2.45, 2.75) is 53.0 Å². The molecule has 1 aliphatic rings.